The van der Waals surface area contributed by atoms with Crippen LogP contribution in [0.5, 0.6) is 0 Å². The number of rotatable bonds is 3. The number of aryl methyl sites for hydroxylation is 1. The average molecular weight is 305 g/mol. The van der Waals surface area contributed by atoms with Crippen molar-refractivity contribution < 1.29 is 14.7 Å². The van der Waals surface area contributed by atoms with Crippen molar-refractivity contribution in [1.82, 2.24) is 15.1 Å². The van der Waals surface area contributed by atoms with Crippen molar-refractivity contribution in [2.75, 3.05) is 33.2 Å². The van der Waals surface area contributed by atoms with E-state index in [1.807, 2.05) is 20.0 Å². The van der Waals surface area contributed by atoms with Gasteiger partial charge < -0.3 is 20.2 Å². The Morgan fingerprint density at radius 3 is 2.68 bits per heavy atom. The molecule has 22 heavy (non-hydrogen) atoms. The molecular formula is C16H23N3O3. The van der Waals surface area contributed by atoms with Gasteiger partial charge in [0.15, 0.2) is 6.04 Å². The summed E-state index contributed by atoms with van der Waals surface area (Å²) in [5, 5.41) is 12.1. The van der Waals surface area contributed by atoms with Crippen LogP contribution in [0, 0.1) is 6.92 Å². The number of carbonyl (C=O) groups is 2. The van der Waals surface area contributed by atoms with E-state index in [0.717, 1.165) is 25.1 Å². The molecule has 1 heterocycles. The number of benzene rings is 1. The monoisotopic (exact) mass is 305 g/mol. The lowest BCUT2D eigenvalue weighted by molar-refractivity contribution is -0.139. The number of carbonyl (C=O) groups excluding carboxylic acids is 1. The molecule has 1 aromatic rings. The predicted octanol–water partition coefficient (Wildman–Crippen LogP) is 1.47. The quantitative estimate of drug-likeness (QED) is 0.887. The predicted molar refractivity (Wildman–Crippen MR) is 83.8 cm³/mol. The number of aliphatic carboxylic acids is 1. The van der Waals surface area contributed by atoms with Crippen LogP contribution in [-0.4, -0.2) is 60.1 Å². The van der Waals surface area contributed by atoms with Crippen LogP contribution in [0.2, 0.25) is 0 Å². The lowest BCUT2D eigenvalue weighted by Gasteiger charge is -2.24. The third-order valence-electron chi connectivity index (χ3n) is 3.90. The molecular weight excluding hydrogens is 282 g/mol. The minimum Gasteiger partial charge on any atom is -0.479 e. The van der Waals surface area contributed by atoms with E-state index in [0.29, 0.717) is 18.7 Å². The first-order valence-corrected chi connectivity index (χ1v) is 7.50. The fourth-order valence-electron chi connectivity index (χ4n) is 2.60. The average Bonchev–Trinajstić information content (AvgIpc) is 2.69. The fourth-order valence-corrected chi connectivity index (χ4v) is 2.60. The molecule has 6 nitrogen and oxygen atoms in total. The molecule has 120 valence electrons. The van der Waals surface area contributed by atoms with E-state index >= 15 is 0 Å². The third-order valence-corrected chi connectivity index (χ3v) is 3.90. The van der Waals surface area contributed by atoms with Crippen LogP contribution in [-0.2, 0) is 4.79 Å². The van der Waals surface area contributed by atoms with Gasteiger partial charge in [-0.2, -0.15) is 0 Å². The van der Waals surface area contributed by atoms with Gasteiger partial charge in [0.25, 0.3) is 0 Å². The molecule has 0 aromatic heterocycles. The second kappa shape index (κ2) is 7.26. The molecule has 6 heteroatoms. The van der Waals surface area contributed by atoms with Gasteiger partial charge in [-0.1, -0.05) is 29.8 Å². The van der Waals surface area contributed by atoms with Crippen molar-refractivity contribution in [1.29, 1.82) is 0 Å². The Morgan fingerprint density at radius 2 is 2.00 bits per heavy atom. The topological polar surface area (TPSA) is 72.9 Å². The van der Waals surface area contributed by atoms with Crippen molar-refractivity contribution in [3.05, 3.63) is 35.4 Å². The molecule has 1 aliphatic heterocycles. The minimum atomic E-state index is -1.05. The highest BCUT2D eigenvalue weighted by Gasteiger charge is 2.25. The molecule has 1 atom stereocenters. The molecule has 0 radical (unpaired) electrons. The zero-order chi connectivity index (χ0) is 16.1. The lowest BCUT2D eigenvalue weighted by Crippen LogP contribution is -2.45. The Hall–Kier alpha value is -2.08. The minimum absolute atomic E-state index is 0.316. The number of nitrogens with zero attached hydrogens (tertiary/aromatic N) is 2. The van der Waals surface area contributed by atoms with Crippen LogP contribution in [0.4, 0.5) is 4.79 Å². The first-order valence-electron chi connectivity index (χ1n) is 7.50. The van der Waals surface area contributed by atoms with Gasteiger partial charge in [0, 0.05) is 19.6 Å². The smallest absolute Gasteiger partial charge is 0.330 e. The molecule has 0 spiro atoms. The van der Waals surface area contributed by atoms with E-state index in [9.17, 15) is 14.7 Å². The molecule has 1 aliphatic rings. The maximum atomic E-state index is 12.4. The van der Waals surface area contributed by atoms with Gasteiger partial charge in [-0.05, 0) is 32.5 Å². The van der Waals surface area contributed by atoms with E-state index in [4.69, 9.17) is 0 Å². The van der Waals surface area contributed by atoms with Crippen LogP contribution in [0.3, 0.4) is 0 Å². The van der Waals surface area contributed by atoms with Gasteiger partial charge in [-0.3, -0.25) is 0 Å². The summed E-state index contributed by atoms with van der Waals surface area (Å²) in [6, 6.07) is 5.87. The van der Waals surface area contributed by atoms with Gasteiger partial charge in [0.2, 0.25) is 0 Å². The summed E-state index contributed by atoms with van der Waals surface area (Å²) < 4.78 is 0. The van der Waals surface area contributed by atoms with E-state index < -0.39 is 12.0 Å². The van der Waals surface area contributed by atoms with Gasteiger partial charge in [0.05, 0.1) is 0 Å². The molecule has 2 amide bonds. The zero-order valence-electron chi connectivity index (χ0n) is 13.1. The number of hydrogen-bond donors (Lipinski definition) is 2. The molecule has 2 rings (SSSR count). The van der Waals surface area contributed by atoms with E-state index in [2.05, 4.69) is 10.2 Å². The van der Waals surface area contributed by atoms with Crippen molar-refractivity contribution in [2.24, 2.45) is 0 Å². The summed E-state index contributed by atoms with van der Waals surface area (Å²) >= 11 is 0. The highest BCUT2D eigenvalue weighted by atomic mass is 16.4. The molecule has 2 N–H and O–H groups in total. The van der Waals surface area contributed by atoms with E-state index in [1.165, 1.54) is 0 Å². The lowest BCUT2D eigenvalue weighted by atomic mass is 10.0. The van der Waals surface area contributed by atoms with E-state index in [-0.39, 0.29) is 6.03 Å². The third kappa shape index (κ3) is 4.21. The van der Waals surface area contributed by atoms with Crippen LogP contribution in [0.25, 0.3) is 0 Å². The van der Waals surface area contributed by atoms with Crippen molar-refractivity contribution in [3.63, 3.8) is 0 Å². The van der Waals surface area contributed by atoms with Crippen LogP contribution in [0.1, 0.15) is 23.6 Å². The highest BCUT2D eigenvalue weighted by molar-refractivity contribution is 5.83. The second-order valence-electron chi connectivity index (χ2n) is 5.78. The Kier molecular flexibility index (Phi) is 5.38. The van der Waals surface area contributed by atoms with Gasteiger partial charge in [-0.15, -0.1) is 0 Å². The number of urea groups is 1. The summed E-state index contributed by atoms with van der Waals surface area (Å²) in [5.74, 6) is -1.05. The van der Waals surface area contributed by atoms with Gasteiger partial charge in [-0.25, -0.2) is 9.59 Å². The van der Waals surface area contributed by atoms with Gasteiger partial charge >= 0.3 is 12.0 Å². The number of carboxylic acid groups (broad SMARTS) is 1. The number of carboxylic acids is 1. The van der Waals surface area contributed by atoms with Gasteiger partial charge in [0.1, 0.15) is 0 Å². The maximum Gasteiger partial charge on any atom is 0.330 e. The Balaban J connectivity index is 2.07. The molecule has 1 fully saturated rings. The number of amides is 2. The van der Waals surface area contributed by atoms with Crippen molar-refractivity contribution in [2.45, 2.75) is 19.4 Å². The summed E-state index contributed by atoms with van der Waals surface area (Å²) in [6.07, 6.45) is 0.895. The number of nitrogens with one attached hydrogen (secondary N) is 1. The largest absolute Gasteiger partial charge is 0.479 e. The standard InChI is InChI=1S/C16H23N3O3/c1-12-5-3-6-13(11-12)14(15(20)21)17-16(22)19-8-4-7-18(2)9-10-19/h3,5-6,11,14H,4,7-10H2,1-2H3,(H,17,22)(H,20,21)/t14-/m0/s1. The highest BCUT2D eigenvalue weighted by Crippen LogP contribution is 2.15. The van der Waals surface area contributed by atoms with E-state index in [1.54, 1.807) is 23.1 Å². The Labute approximate surface area is 130 Å². The molecule has 0 saturated carbocycles. The van der Waals surface area contributed by atoms with Crippen LogP contribution >= 0.6 is 0 Å². The number of hydrogen-bond acceptors (Lipinski definition) is 3. The Morgan fingerprint density at radius 1 is 1.23 bits per heavy atom. The zero-order valence-corrected chi connectivity index (χ0v) is 13.1. The normalized spacial score (nSPS) is 17.6. The second-order valence-corrected chi connectivity index (χ2v) is 5.78. The Bertz CT molecular complexity index is 547. The van der Waals surface area contributed by atoms with Crippen LogP contribution < -0.4 is 5.32 Å². The van der Waals surface area contributed by atoms with Crippen LogP contribution in [0.15, 0.2) is 24.3 Å². The first kappa shape index (κ1) is 16.3. The summed E-state index contributed by atoms with van der Waals surface area (Å²) in [6.45, 7) is 4.91. The molecule has 0 unspecified atom stereocenters. The van der Waals surface area contributed by atoms with Crippen molar-refractivity contribution >= 4 is 12.0 Å². The molecule has 0 bridgehead atoms. The molecule has 1 aromatic carbocycles. The summed E-state index contributed by atoms with van der Waals surface area (Å²) in [5.41, 5.74) is 1.56. The fraction of sp³-hybridized carbons (Fsp3) is 0.500. The first-order chi connectivity index (χ1) is 10.5. The summed E-state index contributed by atoms with van der Waals surface area (Å²) in [4.78, 5) is 27.7. The maximum absolute atomic E-state index is 12.4. The molecule has 1 saturated heterocycles. The summed E-state index contributed by atoms with van der Waals surface area (Å²) in [7, 11) is 2.02. The van der Waals surface area contributed by atoms with Crippen molar-refractivity contribution in [3.8, 4) is 0 Å². The SMILES string of the molecule is Cc1cccc([C@H](NC(=O)N2CCCN(C)CC2)C(=O)O)c1. The molecule has 0 aliphatic carbocycles. The number of likely N-dealkylation sites (N-methyl/N-ethyl adjacent to an activating group) is 1.